The van der Waals surface area contributed by atoms with Gasteiger partial charge in [0.1, 0.15) is 5.82 Å². The molecule has 0 saturated carbocycles. The fourth-order valence-corrected chi connectivity index (χ4v) is 3.63. The van der Waals surface area contributed by atoms with Crippen LogP contribution in [0.25, 0.3) is 0 Å². The number of aromatic nitrogens is 1. The minimum absolute atomic E-state index is 0.198. The summed E-state index contributed by atoms with van der Waals surface area (Å²) in [6.45, 7) is 7.80. The highest BCUT2D eigenvalue weighted by Crippen LogP contribution is 2.34. The molecule has 0 aliphatic carbocycles. The van der Waals surface area contributed by atoms with Gasteiger partial charge in [-0.15, -0.1) is 0 Å². The first-order chi connectivity index (χ1) is 9.04. The van der Waals surface area contributed by atoms with Gasteiger partial charge < -0.3 is 9.80 Å². The van der Waals surface area contributed by atoms with E-state index in [0.29, 0.717) is 6.04 Å². The molecule has 1 unspecified atom stereocenters. The zero-order valence-electron chi connectivity index (χ0n) is 12.0. The fraction of sp³-hybridized carbons (Fsp3) is 0.667. The number of nitrogens with zero attached hydrogens (tertiary/aromatic N) is 3. The van der Waals surface area contributed by atoms with Gasteiger partial charge in [0.2, 0.25) is 0 Å². The minimum atomic E-state index is 0.198. The monoisotopic (exact) mass is 277 g/mol. The number of hydrogen-bond acceptors (Lipinski definition) is 4. The van der Waals surface area contributed by atoms with Crippen molar-refractivity contribution >= 4 is 18.4 Å². The van der Waals surface area contributed by atoms with Gasteiger partial charge in [-0.2, -0.15) is 12.6 Å². The third-order valence-electron chi connectivity index (χ3n) is 4.43. The standard InChI is InChI=1S/C15H23N3S/c1-10-6-13(11(2)19)16-15(7-10)18-5-4-12-8-17(3)9-14(12)18/h6-7,11-12,14,19H,4-5,8-9H2,1-3H3/t11?,12-,14-/m1/s1. The summed E-state index contributed by atoms with van der Waals surface area (Å²) in [7, 11) is 2.22. The van der Waals surface area contributed by atoms with Crippen molar-refractivity contribution in [2.24, 2.45) is 5.92 Å². The Labute approximate surface area is 121 Å². The summed E-state index contributed by atoms with van der Waals surface area (Å²) in [5.41, 5.74) is 2.38. The number of rotatable bonds is 2. The van der Waals surface area contributed by atoms with Gasteiger partial charge in [-0.1, -0.05) is 0 Å². The highest BCUT2D eigenvalue weighted by Gasteiger charge is 2.40. The Hall–Kier alpha value is -0.740. The predicted molar refractivity (Wildman–Crippen MR) is 83.1 cm³/mol. The second-order valence-corrected chi connectivity index (χ2v) is 6.91. The van der Waals surface area contributed by atoms with Crippen molar-refractivity contribution < 1.29 is 0 Å². The number of aryl methyl sites for hydroxylation is 1. The first-order valence-electron chi connectivity index (χ1n) is 7.16. The lowest BCUT2D eigenvalue weighted by Crippen LogP contribution is -2.35. The molecule has 2 aliphatic heterocycles. The van der Waals surface area contributed by atoms with Crippen molar-refractivity contribution in [2.75, 3.05) is 31.6 Å². The molecule has 0 radical (unpaired) electrons. The van der Waals surface area contributed by atoms with Crippen molar-refractivity contribution in [2.45, 2.75) is 31.6 Å². The number of fused-ring (bicyclic) bond motifs is 1. The highest BCUT2D eigenvalue weighted by molar-refractivity contribution is 7.80. The summed E-state index contributed by atoms with van der Waals surface area (Å²) in [5.74, 6) is 1.97. The van der Waals surface area contributed by atoms with Gasteiger partial charge in [-0.3, -0.25) is 0 Å². The third-order valence-corrected chi connectivity index (χ3v) is 4.69. The molecule has 1 aromatic heterocycles. The molecule has 4 heteroatoms. The molecule has 3 atom stereocenters. The molecule has 1 aromatic rings. The maximum atomic E-state index is 4.83. The molecule has 3 nitrogen and oxygen atoms in total. The first-order valence-corrected chi connectivity index (χ1v) is 7.68. The van der Waals surface area contributed by atoms with Gasteiger partial charge in [0, 0.05) is 30.9 Å². The zero-order valence-corrected chi connectivity index (χ0v) is 12.9. The Morgan fingerprint density at radius 3 is 2.89 bits per heavy atom. The van der Waals surface area contributed by atoms with E-state index in [2.05, 4.69) is 55.5 Å². The van der Waals surface area contributed by atoms with Crippen LogP contribution >= 0.6 is 12.6 Å². The summed E-state index contributed by atoms with van der Waals surface area (Å²) in [5, 5.41) is 0.198. The van der Waals surface area contributed by atoms with Crippen molar-refractivity contribution in [3.8, 4) is 0 Å². The van der Waals surface area contributed by atoms with E-state index in [0.717, 1.165) is 24.0 Å². The Balaban J connectivity index is 1.90. The molecule has 3 rings (SSSR count). The summed E-state index contributed by atoms with van der Waals surface area (Å²) in [4.78, 5) is 9.79. The number of pyridine rings is 1. The highest BCUT2D eigenvalue weighted by atomic mass is 32.1. The van der Waals surface area contributed by atoms with Gasteiger partial charge >= 0.3 is 0 Å². The fourth-order valence-electron chi connectivity index (χ4n) is 3.49. The second-order valence-electron chi connectivity index (χ2n) is 6.13. The van der Waals surface area contributed by atoms with Crippen LogP contribution in [0.5, 0.6) is 0 Å². The minimum Gasteiger partial charge on any atom is -0.352 e. The summed E-state index contributed by atoms with van der Waals surface area (Å²) >= 11 is 4.53. The van der Waals surface area contributed by atoms with E-state index >= 15 is 0 Å². The average Bonchev–Trinajstić information content (AvgIpc) is 2.86. The molecule has 2 fully saturated rings. The van der Waals surface area contributed by atoms with E-state index in [1.165, 1.54) is 25.1 Å². The molecular formula is C15H23N3S. The Kier molecular flexibility index (Phi) is 3.48. The Morgan fingerprint density at radius 1 is 1.37 bits per heavy atom. The quantitative estimate of drug-likeness (QED) is 0.839. The number of thiol groups is 1. The normalized spacial score (nSPS) is 28.7. The van der Waals surface area contributed by atoms with Crippen molar-refractivity contribution in [3.63, 3.8) is 0 Å². The number of anilines is 1. The SMILES string of the molecule is Cc1cc(C(C)S)nc(N2CC[C@@H]3CN(C)C[C@H]32)c1. The Bertz CT molecular complexity index is 474. The maximum absolute atomic E-state index is 4.83. The molecule has 0 spiro atoms. The zero-order chi connectivity index (χ0) is 13.6. The number of likely N-dealkylation sites (tertiary alicyclic amines) is 1. The van der Waals surface area contributed by atoms with Gasteiger partial charge in [0.25, 0.3) is 0 Å². The van der Waals surface area contributed by atoms with Crippen LogP contribution < -0.4 is 4.90 Å². The van der Waals surface area contributed by atoms with Crippen LogP contribution in [0.1, 0.15) is 29.9 Å². The molecular weight excluding hydrogens is 254 g/mol. The van der Waals surface area contributed by atoms with E-state index in [-0.39, 0.29) is 5.25 Å². The van der Waals surface area contributed by atoms with Gasteiger partial charge in [-0.25, -0.2) is 4.98 Å². The maximum Gasteiger partial charge on any atom is 0.129 e. The lowest BCUT2D eigenvalue weighted by molar-refractivity contribution is 0.386. The molecule has 104 valence electrons. The van der Waals surface area contributed by atoms with E-state index in [1.54, 1.807) is 0 Å². The lowest BCUT2D eigenvalue weighted by Gasteiger charge is -2.26. The van der Waals surface area contributed by atoms with Crippen LogP contribution in [-0.4, -0.2) is 42.6 Å². The van der Waals surface area contributed by atoms with Crippen molar-refractivity contribution in [1.82, 2.24) is 9.88 Å². The summed E-state index contributed by atoms with van der Waals surface area (Å²) < 4.78 is 0. The van der Waals surface area contributed by atoms with Crippen LogP contribution in [0.3, 0.4) is 0 Å². The number of hydrogen-bond donors (Lipinski definition) is 1. The molecule has 0 N–H and O–H groups in total. The topological polar surface area (TPSA) is 19.4 Å². The molecule has 0 aromatic carbocycles. The number of likely N-dealkylation sites (N-methyl/N-ethyl adjacent to an activating group) is 1. The van der Waals surface area contributed by atoms with E-state index in [9.17, 15) is 0 Å². The molecule has 19 heavy (non-hydrogen) atoms. The van der Waals surface area contributed by atoms with Gasteiger partial charge in [0.15, 0.2) is 0 Å². The predicted octanol–water partition coefficient (Wildman–Crippen LogP) is 2.52. The van der Waals surface area contributed by atoms with Gasteiger partial charge in [-0.05, 0) is 50.9 Å². The van der Waals surface area contributed by atoms with Crippen LogP contribution in [0, 0.1) is 12.8 Å². The molecule has 0 amide bonds. The second kappa shape index (κ2) is 4.98. The van der Waals surface area contributed by atoms with Crippen LogP contribution in [0.2, 0.25) is 0 Å². The van der Waals surface area contributed by atoms with Gasteiger partial charge in [0.05, 0.1) is 5.69 Å². The largest absolute Gasteiger partial charge is 0.352 e. The van der Waals surface area contributed by atoms with Crippen LogP contribution in [0.15, 0.2) is 12.1 Å². The average molecular weight is 277 g/mol. The lowest BCUT2D eigenvalue weighted by atomic mass is 10.1. The molecule has 2 aliphatic rings. The van der Waals surface area contributed by atoms with Crippen LogP contribution in [0.4, 0.5) is 5.82 Å². The summed E-state index contributed by atoms with van der Waals surface area (Å²) in [6, 6.07) is 5.03. The molecule has 2 saturated heterocycles. The first kappa shape index (κ1) is 13.3. The van der Waals surface area contributed by atoms with E-state index in [4.69, 9.17) is 4.98 Å². The smallest absolute Gasteiger partial charge is 0.129 e. The molecule has 3 heterocycles. The third kappa shape index (κ3) is 2.48. The van der Waals surface area contributed by atoms with Crippen molar-refractivity contribution in [3.05, 3.63) is 23.4 Å². The Morgan fingerprint density at radius 2 is 2.16 bits per heavy atom. The summed E-state index contributed by atoms with van der Waals surface area (Å²) in [6.07, 6.45) is 1.30. The molecule has 0 bridgehead atoms. The van der Waals surface area contributed by atoms with Crippen LogP contribution in [-0.2, 0) is 0 Å². The van der Waals surface area contributed by atoms with Crippen molar-refractivity contribution in [1.29, 1.82) is 0 Å². The van der Waals surface area contributed by atoms with E-state index < -0.39 is 0 Å². The van der Waals surface area contributed by atoms with E-state index in [1.807, 2.05) is 0 Å².